The van der Waals surface area contributed by atoms with Crippen LogP contribution in [0.15, 0.2) is 21.5 Å². The molecule has 0 spiro atoms. The fourth-order valence-corrected chi connectivity index (χ4v) is 3.53. The molecule has 0 radical (unpaired) electrons. The minimum absolute atomic E-state index is 0.0712. The highest BCUT2D eigenvalue weighted by Crippen LogP contribution is 2.26. The molecule has 0 amide bonds. The van der Waals surface area contributed by atoms with Gasteiger partial charge in [-0.1, -0.05) is 0 Å². The second-order valence-corrected chi connectivity index (χ2v) is 6.49. The van der Waals surface area contributed by atoms with Gasteiger partial charge in [0.1, 0.15) is 5.82 Å². The molecule has 0 aromatic heterocycles. The molecule has 5 nitrogen and oxygen atoms in total. The van der Waals surface area contributed by atoms with E-state index >= 15 is 0 Å². The zero-order chi connectivity index (χ0) is 14.5. The van der Waals surface area contributed by atoms with E-state index in [1.54, 1.807) is 7.11 Å². The molecule has 0 heterocycles. The molecule has 0 aliphatic carbocycles. The highest BCUT2D eigenvalue weighted by atomic mass is 79.9. The smallest absolute Gasteiger partial charge is 0.241 e. The average molecular weight is 355 g/mol. The van der Waals surface area contributed by atoms with Gasteiger partial charge in [0.25, 0.3) is 0 Å². The van der Waals surface area contributed by atoms with Crippen molar-refractivity contribution in [3.63, 3.8) is 0 Å². The molecule has 19 heavy (non-hydrogen) atoms. The van der Waals surface area contributed by atoms with E-state index < -0.39 is 15.8 Å². The number of nitrogens with one attached hydrogen (secondary N) is 1. The molecule has 8 heteroatoms. The van der Waals surface area contributed by atoms with Crippen LogP contribution in [0.2, 0.25) is 0 Å². The quantitative estimate of drug-likeness (QED) is 0.578. The Morgan fingerprint density at radius 2 is 2.11 bits per heavy atom. The third-order valence-electron chi connectivity index (χ3n) is 2.41. The first-order chi connectivity index (χ1) is 8.88. The fourth-order valence-electron chi connectivity index (χ4n) is 1.41. The molecule has 1 rings (SSSR count). The van der Waals surface area contributed by atoms with E-state index in [2.05, 4.69) is 20.7 Å². The molecule has 108 valence electrons. The number of halogens is 2. The van der Waals surface area contributed by atoms with Crippen LogP contribution in [0.3, 0.4) is 0 Å². The summed E-state index contributed by atoms with van der Waals surface area (Å²) in [7, 11) is -2.12. The van der Waals surface area contributed by atoms with Crippen molar-refractivity contribution < 1.29 is 17.5 Å². The molecular formula is C11H16BrFN2O3S. The highest BCUT2D eigenvalue weighted by molar-refractivity contribution is 9.10. The van der Waals surface area contributed by atoms with E-state index in [0.29, 0.717) is 13.0 Å². The van der Waals surface area contributed by atoms with Gasteiger partial charge in [0.2, 0.25) is 10.0 Å². The molecule has 0 aliphatic heterocycles. The van der Waals surface area contributed by atoms with Gasteiger partial charge in [-0.3, -0.25) is 0 Å². The summed E-state index contributed by atoms with van der Waals surface area (Å²) in [5, 5.41) is 0. The maximum absolute atomic E-state index is 13.2. The van der Waals surface area contributed by atoms with Crippen molar-refractivity contribution in [3.8, 4) is 0 Å². The van der Waals surface area contributed by atoms with Crippen molar-refractivity contribution >= 4 is 31.6 Å². The van der Waals surface area contributed by atoms with E-state index in [1.807, 2.05) is 0 Å². The summed E-state index contributed by atoms with van der Waals surface area (Å²) < 4.78 is 44.6. The van der Waals surface area contributed by atoms with Crippen molar-refractivity contribution in [1.29, 1.82) is 0 Å². The molecule has 0 bridgehead atoms. The summed E-state index contributed by atoms with van der Waals surface area (Å²) in [6.07, 6.45) is 1.41. The van der Waals surface area contributed by atoms with Crippen molar-refractivity contribution in [2.45, 2.75) is 17.7 Å². The molecule has 1 aromatic carbocycles. The Hall–Kier alpha value is -0.700. The molecule has 0 saturated carbocycles. The largest absolute Gasteiger partial charge is 0.396 e. The number of anilines is 1. The summed E-state index contributed by atoms with van der Waals surface area (Å²) in [5.74, 6) is -0.661. The van der Waals surface area contributed by atoms with Crippen molar-refractivity contribution in [2.24, 2.45) is 0 Å². The highest BCUT2D eigenvalue weighted by Gasteiger charge is 2.19. The van der Waals surface area contributed by atoms with Gasteiger partial charge in [0, 0.05) is 24.7 Å². The lowest BCUT2D eigenvalue weighted by atomic mass is 10.3. The summed E-state index contributed by atoms with van der Waals surface area (Å²) >= 11 is 3.02. The first-order valence-electron chi connectivity index (χ1n) is 5.61. The lowest BCUT2D eigenvalue weighted by Gasteiger charge is -2.09. The van der Waals surface area contributed by atoms with Gasteiger partial charge in [-0.25, -0.2) is 17.5 Å². The molecule has 3 N–H and O–H groups in total. The Morgan fingerprint density at radius 1 is 1.42 bits per heavy atom. The van der Waals surface area contributed by atoms with Gasteiger partial charge >= 0.3 is 0 Å². The Morgan fingerprint density at radius 3 is 2.74 bits per heavy atom. The van der Waals surface area contributed by atoms with Crippen LogP contribution in [0, 0.1) is 5.82 Å². The number of benzene rings is 1. The van der Waals surface area contributed by atoms with E-state index in [4.69, 9.17) is 10.5 Å². The van der Waals surface area contributed by atoms with Crippen LogP contribution in [0.4, 0.5) is 10.1 Å². The van der Waals surface area contributed by atoms with Crippen LogP contribution in [-0.4, -0.2) is 28.7 Å². The third kappa shape index (κ3) is 4.72. The van der Waals surface area contributed by atoms with Gasteiger partial charge < -0.3 is 10.5 Å². The number of ether oxygens (including phenoxy) is 1. The number of nitrogen functional groups attached to an aromatic ring is 1. The van der Waals surface area contributed by atoms with Crippen LogP contribution in [-0.2, 0) is 14.8 Å². The van der Waals surface area contributed by atoms with Crippen LogP contribution < -0.4 is 10.5 Å². The predicted molar refractivity (Wildman–Crippen MR) is 74.8 cm³/mol. The summed E-state index contributed by atoms with van der Waals surface area (Å²) in [5.41, 5.74) is 5.17. The van der Waals surface area contributed by atoms with Gasteiger partial charge in [-0.05, 0) is 40.9 Å². The van der Waals surface area contributed by atoms with E-state index in [-0.39, 0.29) is 21.6 Å². The second-order valence-electron chi connectivity index (χ2n) is 3.90. The minimum Gasteiger partial charge on any atom is -0.396 e. The number of nitrogens with two attached hydrogens (primary N) is 1. The van der Waals surface area contributed by atoms with Gasteiger partial charge in [-0.15, -0.1) is 0 Å². The number of sulfonamides is 1. The minimum atomic E-state index is -3.70. The molecular weight excluding hydrogens is 339 g/mol. The first kappa shape index (κ1) is 16.4. The van der Waals surface area contributed by atoms with E-state index in [0.717, 1.165) is 18.6 Å². The molecule has 0 fully saturated rings. The monoisotopic (exact) mass is 354 g/mol. The SMILES string of the molecule is COCCCCNS(=O)(=O)c1cc(N)c(F)cc1Br. The summed E-state index contributed by atoms with van der Waals surface area (Å²) in [4.78, 5) is -0.0712. The number of rotatable bonds is 7. The zero-order valence-corrected chi connectivity index (χ0v) is 12.9. The first-order valence-corrected chi connectivity index (χ1v) is 7.89. The summed E-state index contributed by atoms with van der Waals surface area (Å²) in [6.45, 7) is 0.865. The molecule has 0 unspecified atom stereocenters. The Balaban J connectivity index is 2.75. The molecule has 0 atom stereocenters. The van der Waals surface area contributed by atoms with Gasteiger partial charge in [0.05, 0.1) is 10.6 Å². The van der Waals surface area contributed by atoms with Gasteiger partial charge in [-0.2, -0.15) is 0 Å². The average Bonchev–Trinajstić information content (AvgIpc) is 2.33. The van der Waals surface area contributed by atoms with Crippen molar-refractivity contribution in [3.05, 3.63) is 22.4 Å². The Labute approximate surface area is 120 Å². The van der Waals surface area contributed by atoms with E-state index in [1.165, 1.54) is 0 Å². The number of unbranched alkanes of at least 4 members (excludes halogenated alkanes) is 1. The normalized spacial score (nSPS) is 11.7. The van der Waals surface area contributed by atoms with Crippen LogP contribution in [0.1, 0.15) is 12.8 Å². The topological polar surface area (TPSA) is 81.4 Å². The number of hydrogen-bond donors (Lipinski definition) is 2. The van der Waals surface area contributed by atoms with Crippen LogP contribution in [0.5, 0.6) is 0 Å². The van der Waals surface area contributed by atoms with Crippen LogP contribution >= 0.6 is 15.9 Å². The van der Waals surface area contributed by atoms with E-state index in [9.17, 15) is 12.8 Å². The lowest BCUT2D eigenvalue weighted by Crippen LogP contribution is -2.25. The predicted octanol–water partition coefficient (Wildman–Crippen LogP) is 1.88. The van der Waals surface area contributed by atoms with Crippen LogP contribution in [0.25, 0.3) is 0 Å². The zero-order valence-electron chi connectivity index (χ0n) is 10.4. The number of hydrogen-bond acceptors (Lipinski definition) is 4. The van der Waals surface area contributed by atoms with Crippen molar-refractivity contribution in [1.82, 2.24) is 4.72 Å². The molecule has 0 saturated heterocycles. The third-order valence-corrected chi connectivity index (χ3v) is 4.83. The summed E-state index contributed by atoms with van der Waals surface area (Å²) in [6, 6.07) is 2.13. The van der Waals surface area contributed by atoms with Gasteiger partial charge in [0.15, 0.2) is 0 Å². The Kier molecular flexibility index (Phi) is 6.18. The molecule has 1 aromatic rings. The second kappa shape index (κ2) is 7.18. The standard InChI is InChI=1S/C11H16BrFN2O3S/c1-18-5-3-2-4-15-19(16,17)11-7-10(14)9(13)6-8(11)12/h6-7,15H,2-5,14H2,1H3. The maximum Gasteiger partial charge on any atom is 0.241 e. The Bertz CT molecular complexity index is 537. The fraction of sp³-hybridized carbons (Fsp3) is 0.455. The van der Waals surface area contributed by atoms with Crippen molar-refractivity contribution in [2.75, 3.05) is 26.0 Å². The maximum atomic E-state index is 13.2. The lowest BCUT2D eigenvalue weighted by molar-refractivity contribution is 0.193. The molecule has 0 aliphatic rings. The number of methoxy groups -OCH3 is 1.